The van der Waals surface area contributed by atoms with E-state index in [1.807, 2.05) is 32.0 Å². The Balaban J connectivity index is 1.79. The molecule has 96 valence electrons. The molecule has 0 N–H and O–H groups in total. The van der Waals surface area contributed by atoms with Crippen molar-refractivity contribution in [3.8, 4) is 23.3 Å². The Morgan fingerprint density at radius 3 is 2.89 bits per heavy atom. The van der Waals surface area contributed by atoms with Crippen molar-refractivity contribution in [2.24, 2.45) is 5.41 Å². The quantitative estimate of drug-likeness (QED) is 0.750. The maximum atomic E-state index is 8.89. The minimum atomic E-state index is -0.280. The third kappa shape index (κ3) is 3.07. The summed E-state index contributed by atoms with van der Waals surface area (Å²) in [6.45, 7) is 4.75. The van der Waals surface area contributed by atoms with Crippen LogP contribution in [0.2, 0.25) is 0 Å². The molecular weight excluding hydrogens is 230 g/mol. The predicted octanol–water partition coefficient (Wildman–Crippen LogP) is 3.12. The van der Waals surface area contributed by atoms with Crippen LogP contribution in [0, 0.1) is 16.7 Å². The van der Waals surface area contributed by atoms with Crippen LogP contribution in [-0.2, 0) is 0 Å². The largest absolute Gasteiger partial charge is 0.493 e. The van der Waals surface area contributed by atoms with Crippen LogP contribution in [-0.4, -0.2) is 13.4 Å². The molecular formula is C14H17NO3. The summed E-state index contributed by atoms with van der Waals surface area (Å²) in [5, 5.41) is 8.89. The van der Waals surface area contributed by atoms with E-state index in [1.54, 1.807) is 0 Å². The summed E-state index contributed by atoms with van der Waals surface area (Å²) in [5.74, 6) is 2.26. The molecule has 4 nitrogen and oxygen atoms in total. The molecule has 0 atom stereocenters. The Hall–Kier alpha value is -1.89. The zero-order valence-corrected chi connectivity index (χ0v) is 10.7. The first-order valence-corrected chi connectivity index (χ1v) is 6.04. The maximum absolute atomic E-state index is 8.89. The predicted molar refractivity (Wildman–Crippen MR) is 66.7 cm³/mol. The van der Waals surface area contributed by atoms with Gasteiger partial charge in [0.05, 0.1) is 18.1 Å². The number of ether oxygens (including phenoxy) is 3. The first-order valence-electron chi connectivity index (χ1n) is 6.04. The van der Waals surface area contributed by atoms with E-state index in [9.17, 15) is 0 Å². The second-order valence-electron chi connectivity index (χ2n) is 4.96. The van der Waals surface area contributed by atoms with E-state index in [0.717, 1.165) is 30.1 Å². The molecule has 4 heteroatoms. The lowest BCUT2D eigenvalue weighted by atomic mass is 9.90. The number of nitrogens with zero attached hydrogens (tertiary/aromatic N) is 1. The van der Waals surface area contributed by atoms with Crippen molar-refractivity contribution >= 4 is 0 Å². The van der Waals surface area contributed by atoms with Crippen molar-refractivity contribution in [2.75, 3.05) is 13.4 Å². The van der Waals surface area contributed by atoms with E-state index in [0.29, 0.717) is 6.61 Å². The van der Waals surface area contributed by atoms with Crippen molar-refractivity contribution in [2.45, 2.75) is 26.7 Å². The molecule has 1 aliphatic heterocycles. The van der Waals surface area contributed by atoms with Gasteiger partial charge < -0.3 is 14.2 Å². The summed E-state index contributed by atoms with van der Waals surface area (Å²) in [6.07, 6.45) is 1.68. The van der Waals surface area contributed by atoms with Crippen LogP contribution >= 0.6 is 0 Å². The van der Waals surface area contributed by atoms with Crippen molar-refractivity contribution in [3.63, 3.8) is 0 Å². The Labute approximate surface area is 107 Å². The van der Waals surface area contributed by atoms with Crippen molar-refractivity contribution in [3.05, 3.63) is 18.2 Å². The lowest BCUT2D eigenvalue weighted by Crippen LogP contribution is -2.10. The summed E-state index contributed by atoms with van der Waals surface area (Å²) in [6, 6.07) is 7.82. The van der Waals surface area contributed by atoms with Gasteiger partial charge in [-0.15, -0.1) is 0 Å². The van der Waals surface area contributed by atoms with Gasteiger partial charge in [-0.25, -0.2) is 0 Å². The second-order valence-corrected chi connectivity index (χ2v) is 4.96. The van der Waals surface area contributed by atoms with Gasteiger partial charge in [-0.05, 0) is 38.8 Å². The highest BCUT2D eigenvalue weighted by molar-refractivity contribution is 5.46. The molecule has 18 heavy (non-hydrogen) atoms. The van der Waals surface area contributed by atoms with Crippen molar-refractivity contribution in [1.82, 2.24) is 0 Å². The Morgan fingerprint density at radius 2 is 2.11 bits per heavy atom. The average molecular weight is 247 g/mol. The normalized spacial score (nSPS) is 13.2. The topological polar surface area (TPSA) is 51.5 Å². The Morgan fingerprint density at radius 1 is 1.33 bits per heavy atom. The van der Waals surface area contributed by atoms with Crippen LogP contribution in [0.15, 0.2) is 18.2 Å². The van der Waals surface area contributed by atoms with Gasteiger partial charge in [0, 0.05) is 6.07 Å². The summed E-state index contributed by atoms with van der Waals surface area (Å²) in [4.78, 5) is 0. The highest BCUT2D eigenvalue weighted by Gasteiger charge is 2.16. The van der Waals surface area contributed by atoms with Gasteiger partial charge in [0.1, 0.15) is 5.75 Å². The monoisotopic (exact) mass is 247 g/mol. The van der Waals surface area contributed by atoms with Crippen LogP contribution in [0.25, 0.3) is 0 Å². The summed E-state index contributed by atoms with van der Waals surface area (Å²) in [7, 11) is 0. The van der Waals surface area contributed by atoms with Crippen molar-refractivity contribution in [1.29, 1.82) is 5.26 Å². The smallest absolute Gasteiger partial charge is 0.231 e. The van der Waals surface area contributed by atoms with E-state index in [4.69, 9.17) is 19.5 Å². The molecule has 0 spiro atoms. The van der Waals surface area contributed by atoms with Gasteiger partial charge in [0.15, 0.2) is 11.5 Å². The van der Waals surface area contributed by atoms with Gasteiger partial charge >= 0.3 is 0 Å². The molecule has 1 heterocycles. The van der Waals surface area contributed by atoms with Crippen LogP contribution in [0.5, 0.6) is 17.2 Å². The second kappa shape index (κ2) is 5.18. The van der Waals surface area contributed by atoms with E-state index in [-0.39, 0.29) is 12.2 Å². The first kappa shape index (κ1) is 12.6. The van der Waals surface area contributed by atoms with E-state index in [2.05, 4.69) is 6.07 Å². The molecule has 0 aliphatic carbocycles. The van der Waals surface area contributed by atoms with Gasteiger partial charge in [0.2, 0.25) is 6.79 Å². The van der Waals surface area contributed by atoms with Crippen LogP contribution in [0.3, 0.4) is 0 Å². The molecule has 1 aromatic rings. The van der Waals surface area contributed by atoms with Gasteiger partial charge in [-0.2, -0.15) is 5.26 Å². The standard InChI is InChI=1S/C14H17NO3/c1-14(2,9-15)6-3-7-16-11-4-5-12-13(8-11)18-10-17-12/h4-5,8H,3,6-7,10H2,1-2H3. The Kier molecular flexibility index (Phi) is 3.61. The van der Waals surface area contributed by atoms with Crippen molar-refractivity contribution < 1.29 is 14.2 Å². The highest BCUT2D eigenvalue weighted by atomic mass is 16.7. The molecule has 0 radical (unpaired) electrons. The van der Waals surface area contributed by atoms with E-state index < -0.39 is 0 Å². The maximum Gasteiger partial charge on any atom is 0.231 e. The lowest BCUT2D eigenvalue weighted by molar-refractivity contribution is 0.173. The molecule has 0 fully saturated rings. The Bertz CT molecular complexity index is 463. The molecule has 0 saturated carbocycles. The fourth-order valence-corrected chi connectivity index (χ4v) is 1.73. The highest BCUT2D eigenvalue weighted by Crippen LogP contribution is 2.35. The minimum Gasteiger partial charge on any atom is -0.493 e. The third-order valence-electron chi connectivity index (χ3n) is 2.86. The fraction of sp³-hybridized carbons (Fsp3) is 0.500. The van der Waals surface area contributed by atoms with Gasteiger partial charge in [0.25, 0.3) is 0 Å². The molecule has 0 unspecified atom stereocenters. The number of benzene rings is 1. The summed E-state index contributed by atoms with van der Waals surface area (Å²) < 4.78 is 16.1. The summed E-state index contributed by atoms with van der Waals surface area (Å²) in [5.41, 5.74) is -0.280. The van der Waals surface area contributed by atoms with Crippen LogP contribution in [0.1, 0.15) is 26.7 Å². The molecule has 0 amide bonds. The number of fused-ring (bicyclic) bond motifs is 1. The molecule has 1 aromatic carbocycles. The fourth-order valence-electron chi connectivity index (χ4n) is 1.73. The van der Waals surface area contributed by atoms with E-state index >= 15 is 0 Å². The number of hydrogen-bond acceptors (Lipinski definition) is 4. The molecule has 0 bridgehead atoms. The van der Waals surface area contributed by atoms with Crippen LogP contribution in [0.4, 0.5) is 0 Å². The van der Waals surface area contributed by atoms with Gasteiger partial charge in [-0.3, -0.25) is 0 Å². The van der Waals surface area contributed by atoms with Gasteiger partial charge in [-0.1, -0.05) is 0 Å². The SMILES string of the molecule is CC(C)(C#N)CCCOc1ccc2c(c1)OCO2. The third-order valence-corrected chi connectivity index (χ3v) is 2.86. The van der Waals surface area contributed by atoms with E-state index in [1.165, 1.54) is 0 Å². The van der Waals surface area contributed by atoms with Crippen LogP contribution < -0.4 is 14.2 Å². The number of hydrogen-bond donors (Lipinski definition) is 0. The molecule has 2 rings (SSSR count). The first-order chi connectivity index (χ1) is 8.61. The average Bonchev–Trinajstić information content (AvgIpc) is 2.82. The number of rotatable bonds is 5. The zero-order chi connectivity index (χ0) is 13.0. The molecule has 0 saturated heterocycles. The zero-order valence-electron chi connectivity index (χ0n) is 10.7. The number of nitriles is 1. The summed E-state index contributed by atoms with van der Waals surface area (Å²) >= 11 is 0. The minimum absolute atomic E-state index is 0.273. The lowest BCUT2D eigenvalue weighted by Gasteiger charge is -2.14. The molecule has 0 aromatic heterocycles. The molecule has 1 aliphatic rings.